The summed E-state index contributed by atoms with van der Waals surface area (Å²) in [7, 11) is 0. The van der Waals surface area contributed by atoms with Gasteiger partial charge in [-0.2, -0.15) is 13.2 Å². The number of ether oxygens (including phenoxy) is 5. The van der Waals surface area contributed by atoms with Crippen LogP contribution in [0.1, 0.15) is 96.0 Å². The maximum atomic E-state index is 14.2. The smallest absolute Gasteiger partial charge is 0.416 e. The highest BCUT2D eigenvalue weighted by atomic mass is 19.4. The van der Waals surface area contributed by atoms with Gasteiger partial charge in [0.2, 0.25) is 0 Å². The van der Waals surface area contributed by atoms with Crippen LogP contribution in [-0.4, -0.2) is 76.8 Å². The zero-order chi connectivity index (χ0) is 39.2. The van der Waals surface area contributed by atoms with Gasteiger partial charge in [-0.3, -0.25) is 4.79 Å². The van der Waals surface area contributed by atoms with Gasteiger partial charge in [-0.25, -0.2) is 4.79 Å². The molecule has 1 aromatic rings. The first-order chi connectivity index (χ1) is 25.5. The van der Waals surface area contributed by atoms with Crippen LogP contribution in [0, 0.1) is 23.7 Å². The topological polar surface area (TPSA) is 121 Å². The third kappa shape index (κ3) is 8.00. The first-order valence-corrected chi connectivity index (χ1v) is 19.1. The monoisotopic (exact) mass is 758 g/mol. The lowest BCUT2D eigenvalue weighted by molar-refractivity contribution is -0.340. The number of allylic oxidation sites excluding steroid dienone is 2. The van der Waals surface area contributed by atoms with Crippen LogP contribution in [0.3, 0.4) is 0 Å². The molecule has 0 aromatic heterocycles. The molecule has 1 aromatic carbocycles. The summed E-state index contributed by atoms with van der Waals surface area (Å²) in [6.07, 6.45) is 3.25. The molecule has 0 radical (unpaired) electrons. The second kappa shape index (κ2) is 15.7. The molecule has 4 heterocycles. The van der Waals surface area contributed by atoms with Crippen molar-refractivity contribution in [2.45, 2.75) is 134 Å². The van der Waals surface area contributed by atoms with Gasteiger partial charge in [-0.05, 0) is 79.5 Å². The van der Waals surface area contributed by atoms with Crippen molar-refractivity contribution in [2.24, 2.45) is 23.7 Å². The fraction of sp³-hybridized carbons (Fsp3) is 0.619. The van der Waals surface area contributed by atoms with Crippen molar-refractivity contribution in [3.63, 3.8) is 0 Å². The van der Waals surface area contributed by atoms with E-state index in [1.165, 1.54) is 0 Å². The number of aliphatic hydroxyl groups excluding tert-OH is 1. The van der Waals surface area contributed by atoms with Gasteiger partial charge in [0.15, 0.2) is 5.79 Å². The lowest BCUT2D eigenvalue weighted by atomic mass is 9.71. The van der Waals surface area contributed by atoms with Gasteiger partial charge in [0.05, 0.1) is 29.9 Å². The number of carbonyl (C=O) groups excluding carboxylic acids is 2. The number of aliphatic hydroxyl groups is 2. The molecule has 12 atom stereocenters. The molecule has 296 valence electrons. The minimum absolute atomic E-state index is 0.0235. The fourth-order valence-electron chi connectivity index (χ4n) is 8.72. The molecular formula is C42H53F3O9. The minimum Gasteiger partial charge on any atom is -0.462 e. The van der Waals surface area contributed by atoms with Crippen LogP contribution in [0.2, 0.25) is 0 Å². The van der Waals surface area contributed by atoms with E-state index >= 15 is 0 Å². The number of rotatable bonds is 4. The maximum absolute atomic E-state index is 14.2. The van der Waals surface area contributed by atoms with Crippen molar-refractivity contribution in [1.82, 2.24) is 0 Å². The molecule has 6 rings (SSSR count). The molecule has 1 aliphatic carbocycles. The van der Waals surface area contributed by atoms with E-state index in [0.29, 0.717) is 48.3 Å². The third-order valence-electron chi connectivity index (χ3n) is 12.1. The Balaban J connectivity index is 1.38. The molecule has 2 N–H and O–H groups in total. The van der Waals surface area contributed by atoms with E-state index in [0.717, 1.165) is 37.1 Å². The lowest BCUT2D eigenvalue weighted by Gasteiger charge is -2.51. The zero-order valence-corrected chi connectivity index (χ0v) is 31.8. The fourth-order valence-corrected chi connectivity index (χ4v) is 8.72. The molecular weight excluding hydrogens is 705 g/mol. The van der Waals surface area contributed by atoms with Crippen LogP contribution in [0.25, 0.3) is 0 Å². The summed E-state index contributed by atoms with van der Waals surface area (Å²) >= 11 is 0. The van der Waals surface area contributed by atoms with Gasteiger partial charge in [0.1, 0.15) is 35.9 Å². The van der Waals surface area contributed by atoms with Crippen molar-refractivity contribution in [3.05, 3.63) is 82.5 Å². The van der Waals surface area contributed by atoms with Gasteiger partial charge in [0, 0.05) is 25.2 Å². The van der Waals surface area contributed by atoms with Crippen molar-refractivity contribution >= 4 is 11.9 Å². The average Bonchev–Trinajstić information content (AvgIpc) is 3.47. The number of alkyl halides is 3. The highest BCUT2D eigenvalue weighted by Gasteiger charge is 2.60. The third-order valence-corrected chi connectivity index (χ3v) is 12.1. The first-order valence-electron chi connectivity index (χ1n) is 19.1. The molecule has 5 aliphatic rings. The molecule has 0 unspecified atom stereocenters. The average molecular weight is 759 g/mol. The van der Waals surface area contributed by atoms with Crippen LogP contribution in [0.15, 0.2) is 71.4 Å². The SMILES string of the molecule is CC[C@H](C)[C@H]1O[C@]2(CC[C@@H]1C)C[C@@H]1C[C@@H](C/C=C(\C)[C@@H](OC(=O)c3ccc(C(F)(F)F)cc3)[C@@H](C)/C=C/C=C3\CO[C@@H]4[C@H](O)C(C)=C[C@@H](C(=O)O1)[C@]34O)O2. The Kier molecular flexibility index (Phi) is 11.7. The predicted molar refractivity (Wildman–Crippen MR) is 193 cm³/mol. The number of carbonyl (C=O) groups is 2. The molecule has 2 bridgehead atoms. The Hall–Kier alpha value is -3.29. The molecule has 9 nitrogen and oxygen atoms in total. The first kappa shape index (κ1) is 40.4. The summed E-state index contributed by atoms with van der Waals surface area (Å²) in [6, 6.07) is 3.89. The van der Waals surface area contributed by atoms with Crippen LogP contribution >= 0.6 is 0 Å². The molecule has 1 spiro atoms. The van der Waals surface area contributed by atoms with E-state index in [9.17, 15) is 33.0 Å². The normalized spacial score (nSPS) is 40.6. The predicted octanol–water partition coefficient (Wildman–Crippen LogP) is 7.41. The van der Waals surface area contributed by atoms with Crippen LogP contribution in [-0.2, 0) is 34.7 Å². The largest absolute Gasteiger partial charge is 0.462 e. The molecule has 0 saturated carbocycles. The van der Waals surface area contributed by atoms with Crippen molar-refractivity contribution in [3.8, 4) is 0 Å². The summed E-state index contributed by atoms with van der Waals surface area (Å²) in [5.74, 6) is -3.44. The molecule has 3 fully saturated rings. The number of fused-ring (bicyclic) bond motifs is 2. The van der Waals surface area contributed by atoms with E-state index < -0.39 is 77.4 Å². The van der Waals surface area contributed by atoms with Crippen LogP contribution in [0.5, 0.6) is 0 Å². The second-order valence-corrected chi connectivity index (χ2v) is 16.0. The van der Waals surface area contributed by atoms with E-state index in [2.05, 4.69) is 20.8 Å². The molecule has 54 heavy (non-hydrogen) atoms. The van der Waals surface area contributed by atoms with E-state index in [-0.39, 0.29) is 24.2 Å². The molecule has 0 amide bonds. The summed E-state index contributed by atoms with van der Waals surface area (Å²) in [5, 5.41) is 23.4. The number of esters is 2. The number of hydrogen-bond donors (Lipinski definition) is 2. The van der Waals surface area contributed by atoms with E-state index in [1.54, 1.807) is 31.2 Å². The number of halogens is 3. The highest BCUT2D eigenvalue weighted by molar-refractivity contribution is 5.89. The zero-order valence-electron chi connectivity index (χ0n) is 31.8. The van der Waals surface area contributed by atoms with Gasteiger partial charge in [-0.15, -0.1) is 0 Å². The van der Waals surface area contributed by atoms with Crippen molar-refractivity contribution < 1.29 is 56.7 Å². The Morgan fingerprint density at radius 1 is 1.09 bits per heavy atom. The summed E-state index contributed by atoms with van der Waals surface area (Å²) < 4.78 is 71.5. The van der Waals surface area contributed by atoms with E-state index in [1.807, 2.05) is 19.9 Å². The van der Waals surface area contributed by atoms with Crippen LogP contribution < -0.4 is 0 Å². The second-order valence-electron chi connectivity index (χ2n) is 16.0. The Morgan fingerprint density at radius 2 is 1.81 bits per heavy atom. The summed E-state index contributed by atoms with van der Waals surface area (Å²) in [5.41, 5.74) is -1.23. The number of benzene rings is 1. The Morgan fingerprint density at radius 3 is 2.50 bits per heavy atom. The van der Waals surface area contributed by atoms with Gasteiger partial charge < -0.3 is 33.9 Å². The van der Waals surface area contributed by atoms with Gasteiger partial charge >= 0.3 is 18.1 Å². The maximum Gasteiger partial charge on any atom is 0.416 e. The Bertz CT molecular complexity index is 1680. The molecule has 12 heteroatoms. The lowest BCUT2D eigenvalue weighted by Crippen LogP contribution is -2.58. The van der Waals surface area contributed by atoms with Gasteiger partial charge in [-0.1, -0.05) is 64.5 Å². The number of hydrogen-bond acceptors (Lipinski definition) is 9. The van der Waals surface area contributed by atoms with Gasteiger partial charge in [0.25, 0.3) is 0 Å². The molecule has 3 saturated heterocycles. The summed E-state index contributed by atoms with van der Waals surface area (Å²) in [4.78, 5) is 27.6. The standard InChI is InChI=1S/C42H53F3O9/c1-7-23(2)36-26(5)17-18-40(54-36)21-32-20-31(53-40)16-11-25(4)35(52-38(47)28-12-14-29(15-13-28)42(43,44)45)24(3)9-8-10-30-22-50-37-34(46)27(6)19-33(39(48)51-32)41(30,37)49/h8-15,19,23-24,26,31-37,46,49H,7,16-18,20-22H2,1-6H3/b9-8+,25-11+,30-10+/t23-,24-,26-,31+,32-,33-,34+,35-,36+,37+,40+,41+/m0/s1. The van der Waals surface area contributed by atoms with Crippen molar-refractivity contribution in [2.75, 3.05) is 6.61 Å². The minimum atomic E-state index is -4.55. The summed E-state index contributed by atoms with van der Waals surface area (Å²) in [6.45, 7) is 11.8. The quantitative estimate of drug-likeness (QED) is 0.239. The van der Waals surface area contributed by atoms with Crippen molar-refractivity contribution in [1.29, 1.82) is 0 Å². The van der Waals surface area contributed by atoms with E-state index in [4.69, 9.17) is 23.7 Å². The Labute approximate surface area is 315 Å². The highest BCUT2D eigenvalue weighted by Crippen LogP contribution is 2.48. The molecule has 4 aliphatic heterocycles. The van der Waals surface area contributed by atoms with Crippen LogP contribution in [0.4, 0.5) is 13.2 Å².